The first-order valence-electron chi connectivity index (χ1n) is 24.4. The first-order chi connectivity index (χ1) is 35.2. The standard InChI is InChI=1S/C66H43N3OSi/c1-4-18-47(19-5-1)71(48-20-6-2-7-21-48,49-22-8-3-9-23-49)50-36-32-44(33-37-50)67-58-28-14-10-24-51(58)56-42-45(34-39-61(56)67)68-59-29-15-11-25-52(59)57-43-46(35-40-62(57)68)69-60-30-16-12-27-55(60)65-63(69)41-38-54-53-26-13-17-31-64(53)70-66(54)65/h1-43H. The number of aromatic nitrogens is 3. The zero-order chi connectivity index (χ0) is 46.6. The smallest absolute Gasteiger partial charge is 0.179 e. The molecule has 0 unspecified atom stereocenters. The number of para-hydroxylation sites is 4. The van der Waals surface area contributed by atoms with E-state index in [1.54, 1.807) is 0 Å². The molecule has 71 heavy (non-hydrogen) atoms. The molecule has 0 fully saturated rings. The largest absolute Gasteiger partial charge is 0.455 e. The molecule has 0 bridgehead atoms. The Bertz CT molecular complexity index is 4470. The first-order valence-corrected chi connectivity index (χ1v) is 26.4. The summed E-state index contributed by atoms with van der Waals surface area (Å²) in [7, 11) is -2.68. The van der Waals surface area contributed by atoms with Crippen molar-refractivity contribution < 1.29 is 4.42 Å². The van der Waals surface area contributed by atoms with Crippen LogP contribution in [0.4, 0.5) is 0 Å². The van der Waals surface area contributed by atoms with Crippen LogP contribution in [0, 0.1) is 0 Å². The van der Waals surface area contributed by atoms with Crippen molar-refractivity contribution in [3.63, 3.8) is 0 Å². The van der Waals surface area contributed by atoms with E-state index >= 15 is 0 Å². The van der Waals surface area contributed by atoms with Crippen molar-refractivity contribution in [2.45, 2.75) is 0 Å². The zero-order valence-electron chi connectivity index (χ0n) is 38.6. The van der Waals surface area contributed by atoms with Crippen molar-refractivity contribution in [3.8, 4) is 17.1 Å². The predicted octanol–water partition coefficient (Wildman–Crippen LogP) is 14.3. The van der Waals surface area contributed by atoms with Gasteiger partial charge in [0.25, 0.3) is 0 Å². The number of fused-ring (bicyclic) bond motifs is 13. The number of nitrogens with zero attached hydrogens (tertiary/aromatic N) is 3. The van der Waals surface area contributed by atoms with Gasteiger partial charge in [0.2, 0.25) is 0 Å². The van der Waals surface area contributed by atoms with Crippen molar-refractivity contribution >= 4 is 116 Å². The molecule has 0 N–H and O–H groups in total. The van der Waals surface area contributed by atoms with Gasteiger partial charge in [-0.25, -0.2) is 0 Å². The second-order valence-corrected chi connectivity index (χ2v) is 22.6. The van der Waals surface area contributed by atoms with Crippen LogP contribution in [0.25, 0.3) is 104 Å². The summed E-state index contributed by atoms with van der Waals surface area (Å²) in [5.41, 5.74) is 12.2. The molecule has 0 radical (unpaired) electrons. The maximum absolute atomic E-state index is 6.63. The fraction of sp³-hybridized carbons (Fsp3) is 0. The van der Waals surface area contributed by atoms with Crippen molar-refractivity contribution in [2.75, 3.05) is 0 Å². The summed E-state index contributed by atoms with van der Waals surface area (Å²) in [6.07, 6.45) is 0. The Morgan fingerprint density at radius 2 is 0.634 bits per heavy atom. The topological polar surface area (TPSA) is 27.9 Å². The van der Waals surface area contributed by atoms with Gasteiger partial charge in [0, 0.05) is 54.8 Å². The summed E-state index contributed by atoms with van der Waals surface area (Å²) < 4.78 is 13.9. The van der Waals surface area contributed by atoms with Gasteiger partial charge in [-0.1, -0.05) is 176 Å². The van der Waals surface area contributed by atoms with E-state index in [4.69, 9.17) is 4.42 Å². The van der Waals surface area contributed by atoms with E-state index in [0.717, 1.165) is 60.9 Å². The summed E-state index contributed by atoms with van der Waals surface area (Å²) in [4.78, 5) is 0. The lowest BCUT2D eigenvalue weighted by atomic mass is 10.1. The Kier molecular flexibility index (Phi) is 8.64. The van der Waals surface area contributed by atoms with Gasteiger partial charge < -0.3 is 18.1 Å². The van der Waals surface area contributed by atoms with Gasteiger partial charge >= 0.3 is 0 Å². The first kappa shape index (κ1) is 39.8. The van der Waals surface area contributed by atoms with Gasteiger partial charge in [-0.05, 0) is 106 Å². The maximum atomic E-state index is 6.63. The van der Waals surface area contributed by atoms with E-state index in [2.05, 4.69) is 268 Å². The Labute approximate surface area is 410 Å². The lowest BCUT2D eigenvalue weighted by Crippen LogP contribution is -2.74. The molecule has 0 saturated carbocycles. The molecule has 0 aliphatic heterocycles. The molecule has 4 heterocycles. The molecule has 0 amide bonds. The van der Waals surface area contributed by atoms with Crippen LogP contribution < -0.4 is 20.7 Å². The molecular formula is C66H43N3OSi. The van der Waals surface area contributed by atoms with Gasteiger partial charge in [0.1, 0.15) is 11.2 Å². The Morgan fingerprint density at radius 1 is 0.254 bits per heavy atom. The van der Waals surface area contributed by atoms with Crippen LogP contribution in [0.5, 0.6) is 0 Å². The average Bonchev–Trinajstić information content (AvgIpc) is 4.18. The number of rotatable bonds is 7. The Balaban J connectivity index is 0.887. The highest BCUT2D eigenvalue weighted by molar-refractivity contribution is 7.19. The van der Waals surface area contributed by atoms with E-state index in [9.17, 15) is 0 Å². The third-order valence-electron chi connectivity index (χ3n) is 15.2. The molecule has 11 aromatic carbocycles. The molecule has 332 valence electrons. The van der Waals surface area contributed by atoms with Crippen LogP contribution in [0.2, 0.25) is 0 Å². The van der Waals surface area contributed by atoms with Gasteiger partial charge in [-0.3, -0.25) is 0 Å². The highest BCUT2D eigenvalue weighted by Gasteiger charge is 2.41. The normalized spacial score (nSPS) is 12.2. The molecule has 0 spiro atoms. The van der Waals surface area contributed by atoms with Crippen molar-refractivity contribution in [3.05, 3.63) is 261 Å². The lowest BCUT2D eigenvalue weighted by molar-refractivity contribution is 0.673. The van der Waals surface area contributed by atoms with E-state index in [0.29, 0.717) is 0 Å². The molecule has 15 rings (SSSR count). The highest BCUT2D eigenvalue weighted by atomic mass is 28.3. The highest BCUT2D eigenvalue weighted by Crippen LogP contribution is 2.42. The number of hydrogen-bond acceptors (Lipinski definition) is 1. The van der Waals surface area contributed by atoms with Crippen LogP contribution in [0.3, 0.4) is 0 Å². The van der Waals surface area contributed by atoms with E-state index < -0.39 is 8.07 Å². The number of benzene rings is 11. The fourth-order valence-corrected chi connectivity index (χ4v) is 16.9. The lowest BCUT2D eigenvalue weighted by Gasteiger charge is -2.34. The van der Waals surface area contributed by atoms with Crippen molar-refractivity contribution in [1.29, 1.82) is 0 Å². The molecule has 0 aliphatic carbocycles. The molecule has 0 atom stereocenters. The SMILES string of the molecule is c1ccc([Si](c2ccccc2)(c2ccccc2)c2ccc(-n3c4ccccc4c4cc(-n5c6ccccc6c6cc(-n7c8ccccc8c8c9oc%10ccccc%10c9ccc87)ccc65)ccc43)cc2)cc1. The minimum atomic E-state index is -2.68. The average molecular weight is 922 g/mol. The van der Waals surface area contributed by atoms with E-state index in [1.165, 1.54) is 64.2 Å². The number of furan rings is 1. The van der Waals surface area contributed by atoms with Crippen molar-refractivity contribution in [2.24, 2.45) is 0 Å². The van der Waals surface area contributed by atoms with Crippen LogP contribution in [-0.2, 0) is 0 Å². The summed E-state index contributed by atoms with van der Waals surface area (Å²) in [5, 5.41) is 14.9. The maximum Gasteiger partial charge on any atom is 0.179 e. The molecule has 5 heteroatoms. The minimum absolute atomic E-state index is 0.910. The minimum Gasteiger partial charge on any atom is -0.455 e. The zero-order valence-corrected chi connectivity index (χ0v) is 39.6. The van der Waals surface area contributed by atoms with Crippen LogP contribution in [-0.4, -0.2) is 21.8 Å². The quantitative estimate of drug-likeness (QED) is 0.116. The van der Waals surface area contributed by atoms with E-state index in [-0.39, 0.29) is 0 Å². The fourth-order valence-electron chi connectivity index (χ4n) is 12.2. The summed E-state index contributed by atoms with van der Waals surface area (Å²) in [5.74, 6) is 0. The third-order valence-corrected chi connectivity index (χ3v) is 20.0. The number of hydrogen-bond donors (Lipinski definition) is 0. The van der Waals surface area contributed by atoms with Gasteiger partial charge in [-0.15, -0.1) is 0 Å². The molecule has 4 nitrogen and oxygen atoms in total. The Hall–Kier alpha value is -9.16. The van der Waals surface area contributed by atoms with Gasteiger partial charge in [0.15, 0.2) is 8.07 Å². The molecule has 15 aromatic rings. The van der Waals surface area contributed by atoms with E-state index in [1.807, 2.05) is 6.07 Å². The van der Waals surface area contributed by atoms with Crippen LogP contribution >= 0.6 is 0 Å². The van der Waals surface area contributed by atoms with Gasteiger partial charge in [-0.2, -0.15) is 0 Å². The second kappa shape index (κ2) is 15.4. The van der Waals surface area contributed by atoms with Crippen LogP contribution in [0.15, 0.2) is 265 Å². The third kappa shape index (κ3) is 5.72. The summed E-state index contributed by atoms with van der Waals surface area (Å²) >= 11 is 0. The summed E-state index contributed by atoms with van der Waals surface area (Å²) in [6.45, 7) is 0. The second-order valence-electron chi connectivity index (χ2n) is 18.8. The van der Waals surface area contributed by atoms with Crippen LogP contribution in [0.1, 0.15) is 0 Å². The Morgan fingerprint density at radius 3 is 1.18 bits per heavy atom. The van der Waals surface area contributed by atoms with Crippen molar-refractivity contribution in [1.82, 2.24) is 13.7 Å². The predicted molar refractivity (Wildman–Crippen MR) is 300 cm³/mol. The molecule has 4 aromatic heterocycles. The molecule has 0 aliphatic rings. The monoisotopic (exact) mass is 921 g/mol. The van der Waals surface area contributed by atoms with Gasteiger partial charge in [0.05, 0.1) is 38.5 Å². The molecule has 0 saturated heterocycles. The molecular weight excluding hydrogens is 879 g/mol. The summed E-state index contributed by atoms with van der Waals surface area (Å²) in [6, 6.07) is 96.2.